The number of benzene rings is 2. The summed E-state index contributed by atoms with van der Waals surface area (Å²) in [6.07, 6.45) is 1.97. The largest absolute Gasteiger partial charge is 0.454 e. The maximum Gasteiger partial charge on any atom is 0.329 e. The molecule has 2 amide bonds. The van der Waals surface area contributed by atoms with Crippen molar-refractivity contribution in [2.75, 3.05) is 11.9 Å². The molecule has 0 aliphatic heterocycles. The van der Waals surface area contributed by atoms with Gasteiger partial charge in [0, 0.05) is 28.5 Å². The summed E-state index contributed by atoms with van der Waals surface area (Å²) < 4.78 is 5.24. The molecule has 4 aromatic rings. The highest BCUT2D eigenvalue weighted by atomic mass is 35.5. The minimum atomic E-state index is -1.00. The average molecular weight is 516 g/mol. The molecule has 0 saturated heterocycles. The highest BCUT2D eigenvalue weighted by molar-refractivity contribution is 7.12. The van der Waals surface area contributed by atoms with Gasteiger partial charge < -0.3 is 20.4 Å². The fourth-order valence-electron chi connectivity index (χ4n) is 3.37. The van der Waals surface area contributed by atoms with Crippen LogP contribution in [0.25, 0.3) is 10.9 Å². The third-order valence-corrected chi connectivity index (χ3v) is 6.42. The number of ether oxygens (including phenoxy) is 1. The molecule has 10 heteroatoms. The number of carbonyl (C=O) groups is 3. The Morgan fingerprint density at radius 1 is 1.06 bits per heavy atom. The lowest BCUT2D eigenvalue weighted by atomic mass is 10.0. The van der Waals surface area contributed by atoms with Crippen molar-refractivity contribution in [3.05, 3.63) is 86.7 Å². The number of thiophene rings is 1. The van der Waals surface area contributed by atoms with Gasteiger partial charge in [0.05, 0.1) is 15.6 Å². The number of carbonyl (C=O) groups excluding carboxylic acids is 3. The summed E-state index contributed by atoms with van der Waals surface area (Å²) in [7, 11) is 0. The molecule has 0 aliphatic carbocycles. The quantitative estimate of drug-likeness (QED) is 0.285. The number of aromatic nitrogens is 1. The second-order valence-corrected chi connectivity index (χ2v) is 9.14. The molecule has 3 N–H and O–H groups in total. The summed E-state index contributed by atoms with van der Waals surface area (Å²) in [4.78, 5) is 41.5. The molecule has 2 aromatic carbocycles. The molecule has 0 radical (unpaired) electrons. The van der Waals surface area contributed by atoms with Crippen LogP contribution in [0.5, 0.6) is 0 Å². The number of H-pyrrole nitrogens is 1. The zero-order chi connectivity index (χ0) is 24.1. The second-order valence-electron chi connectivity index (χ2n) is 7.35. The Bertz CT molecular complexity index is 1340. The lowest BCUT2D eigenvalue weighted by Gasteiger charge is -2.17. The van der Waals surface area contributed by atoms with Crippen LogP contribution in [0, 0.1) is 0 Å². The Morgan fingerprint density at radius 3 is 2.68 bits per heavy atom. The summed E-state index contributed by atoms with van der Waals surface area (Å²) in [6, 6.07) is 14.7. The molecule has 0 fully saturated rings. The van der Waals surface area contributed by atoms with Crippen LogP contribution in [0.3, 0.4) is 0 Å². The SMILES string of the molecule is O=C(COC(=O)[C@H](Cc1c[nH]c2ccccc12)NC(=O)c1cccs1)Nc1cc(Cl)ccc1Cl. The van der Waals surface area contributed by atoms with E-state index in [0.29, 0.717) is 20.6 Å². The van der Waals surface area contributed by atoms with Crippen molar-refractivity contribution in [2.45, 2.75) is 12.5 Å². The minimum Gasteiger partial charge on any atom is -0.454 e. The Labute approximate surface area is 209 Å². The van der Waals surface area contributed by atoms with E-state index in [2.05, 4.69) is 15.6 Å². The maximum absolute atomic E-state index is 12.9. The number of para-hydroxylation sites is 1. The zero-order valence-corrected chi connectivity index (χ0v) is 20.0. The topological polar surface area (TPSA) is 100 Å². The lowest BCUT2D eigenvalue weighted by molar-refractivity contribution is -0.149. The molecule has 34 heavy (non-hydrogen) atoms. The zero-order valence-electron chi connectivity index (χ0n) is 17.6. The molecule has 174 valence electrons. The summed E-state index contributed by atoms with van der Waals surface area (Å²) in [5.74, 6) is -1.72. The fourth-order valence-corrected chi connectivity index (χ4v) is 4.33. The first kappa shape index (κ1) is 23.8. The monoisotopic (exact) mass is 515 g/mol. The maximum atomic E-state index is 12.9. The number of fused-ring (bicyclic) bond motifs is 1. The van der Waals surface area contributed by atoms with Gasteiger partial charge in [-0.15, -0.1) is 11.3 Å². The van der Waals surface area contributed by atoms with Crippen molar-refractivity contribution in [3.63, 3.8) is 0 Å². The van der Waals surface area contributed by atoms with E-state index in [9.17, 15) is 14.4 Å². The minimum absolute atomic E-state index is 0.182. The summed E-state index contributed by atoms with van der Waals surface area (Å²) in [5.41, 5.74) is 2.04. The van der Waals surface area contributed by atoms with Crippen LogP contribution in [0.4, 0.5) is 5.69 Å². The standard InChI is InChI=1S/C24H19Cl2N3O4S/c25-15-7-8-17(26)19(11-15)28-22(30)13-33-24(32)20(29-23(31)21-6-3-9-34-21)10-14-12-27-18-5-2-1-4-16(14)18/h1-9,11-12,20,27H,10,13H2,(H,28,30)(H,29,31)/t20-/m0/s1. The van der Waals surface area contributed by atoms with Crippen LogP contribution in [0.2, 0.25) is 10.0 Å². The van der Waals surface area contributed by atoms with E-state index in [4.69, 9.17) is 27.9 Å². The van der Waals surface area contributed by atoms with Crippen molar-refractivity contribution >= 4 is 68.9 Å². The molecule has 1 atom stereocenters. The van der Waals surface area contributed by atoms with Gasteiger partial charge in [-0.05, 0) is 41.3 Å². The highest BCUT2D eigenvalue weighted by Gasteiger charge is 2.26. The Hall–Kier alpha value is -3.33. The van der Waals surface area contributed by atoms with Gasteiger partial charge in [0.2, 0.25) is 0 Å². The van der Waals surface area contributed by atoms with E-state index >= 15 is 0 Å². The molecule has 0 spiro atoms. The van der Waals surface area contributed by atoms with E-state index in [1.165, 1.54) is 17.4 Å². The van der Waals surface area contributed by atoms with Gasteiger partial charge in [-0.3, -0.25) is 9.59 Å². The van der Waals surface area contributed by atoms with Gasteiger partial charge in [0.25, 0.3) is 11.8 Å². The van der Waals surface area contributed by atoms with Gasteiger partial charge in [-0.25, -0.2) is 4.79 Å². The number of aromatic amines is 1. The third kappa shape index (κ3) is 5.77. The van der Waals surface area contributed by atoms with Gasteiger partial charge in [0.1, 0.15) is 6.04 Å². The Balaban J connectivity index is 1.46. The molecule has 0 unspecified atom stereocenters. The van der Waals surface area contributed by atoms with Crippen molar-refractivity contribution in [3.8, 4) is 0 Å². The predicted molar refractivity (Wildman–Crippen MR) is 134 cm³/mol. The second kappa shape index (κ2) is 10.7. The van der Waals surface area contributed by atoms with Crippen LogP contribution in [-0.2, 0) is 20.7 Å². The van der Waals surface area contributed by atoms with E-state index in [0.717, 1.165) is 16.5 Å². The number of hydrogen-bond donors (Lipinski definition) is 3. The average Bonchev–Trinajstić information content (AvgIpc) is 3.50. The van der Waals surface area contributed by atoms with Gasteiger partial charge in [0.15, 0.2) is 6.61 Å². The number of amides is 2. The van der Waals surface area contributed by atoms with Crippen molar-refractivity contribution < 1.29 is 19.1 Å². The molecule has 4 rings (SSSR count). The molecule has 0 aliphatic rings. The number of anilines is 1. The van der Waals surface area contributed by atoms with Crippen LogP contribution >= 0.6 is 34.5 Å². The van der Waals surface area contributed by atoms with Crippen LogP contribution < -0.4 is 10.6 Å². The molecule has 0 bridgehead atoms. The summed E-state index contributed by atoms with van der Waals surface area (Å²) in [6.45, 7) is -0.555. The number of hydrogen-bond acceptors (Lipinski definition) is 5. The molecule has 7 nitrogen and oxygen atoms in total. The number of rotatable bonds is 8. The lowest BCUT2D eigenvalue weighted by Crippen LogP contribution is -2.43. The normalized spacial score (nSPS) is 11.7. The van der Waals surface area contributed by atoms with Crippen molar-refractivity contribution in [1.82, 2.24) is 10.3 Å². The predicted octanol–water partition coefficient (Wildman–Crippen LogP) is 5.06. The number of halogens is 2. The molecule has 0 saturated carbocycles. The Kier molecular flexibility index (Phi) is 7.52. The molecule has 2 aromatic heterocycles. The third-order valence-electron chi connectivity index (χ3n) is 4.98. The van der Waals surface area contributed by atoms with Crippen LogP contribution in [0.15, 0.2) is 66.2 Å². The summed E-state index contributed by atoms with van der Waals surface area (Å²) >= 11 is 13.2. The van der Waals surface area contributed by atoms with E-state index in [1.54, 1.807) is 35.8 Å². The number of esters is 1. The van der Waals surface area contributed by atoms with Crippen molar-refractivity contribution in [2.24, 2.45) is 0 Å². The molecule has 2 heterocycles. The first-order valence-corrected chi connectivity index (χ1v) is 11.8. The van der Waals surface area contributed by atoms with Crippen molar-refractivity contribution in [1.29, 1.82) is 0 Å². The Morgan fingerprint density at radius 2 is 1.88 bits per heavy atom. The van der Waals surface area contributed by atoms with E-state index < -0.39 is 30.4 Å². The van der Waals surface area contributed by atoms with Crippen LogP contribution in [-0.4, -0.2) is 35.4 Å². The van der Waals surface area contributed by atoms with Crippen LogP contribution in [0.1, 0.15) is 15.2 Å². The summed E-state index contributed by atoms with van der Waals surface area (Å²) in [5, 5.41) is 8.67. The fraction of sp³-hybridized carbons (Fsp3) is 0.125. The van der Waals surface area contributed by atoms with Gasteiger partial charge in [-0.2, -0.15) is 0 Å². The molecular weight excluding hydrogens is 497 g/mol. The smallest absolute Gasteiger partial charge is 0.329 e. The number of nitrogens with one attached hydrogen (secondary N) is 3. The van der Waals surface area contributed by atoms with Gasteiger partial charge in [-0.1, -0.05) is 47.5 Å². The van der Waals surface area contributed by atoms with E-state index in [-0.39, 0.29) is 6.42 Å². The first-order chi connectivity index (χ1) is 16.4. The first-order valence-electron chi connectivity index (χ1n) is 10.2. The van der Waals surface area contributed by atoms with Gasteiger partial charge >= 0.3 is 5.97 Å². The molecular formula is C24H19Cl2N3O4S. The van der Waals surface area contributed by atoms with E-state index in [1.807, 2.05) is 24.3 Å². The highest BCUT2D eigenvalue weighted by Crippen LogP contribution is 2.25.